The summed E-state index contributed by atoms with van der Waals surface area (Å²) in [5.74, 6) is -0.648. The minimum Gasteiger partial charge on any atom is -0.487 e. The fourth-order valence-corrected chi connectivity index (χ4v) is 3.21. The van der Waals surface area contributed by atoms with E-state index in [9.17, 15) is 14.0 Å². The van der Waals surface area contributed by atoms with E-state index in [0.29, 0.717) is 10.8 Å². The highest BCUT2D eigenvalue weighted by atomic mass is 32.2. The van der Waals surface area contributed by atoms with Crippen molar-refractivity contribution in [3.05, 3.63) is 60.4 Å². The van der Waals surface area contributed by atoms with Crippen molar-refractivity contribution in [3.63, 3.8) is 0 Å². The van der Waals surface area contributed by atoms with E-state index in [1.807, 2.05) is 18.2 Å². The van der Waals surface area contributed by atoms with Crippen molar-refractivity contribution in [1.29, 1.82) is 0 Å². The van der Waals surface area contributed by atoms with Crippen LogP contribution < -0.4 is 10.1 Å². The van der Waals surface area contributed by atoms with Gasteiger partial charge in [-0.25, -0.2) is 9.38 Å². The molecule has 0 spiro atoms. The van der Waals surface area contributed by atoms with Gasteiger partial charge in [-0.2, -0.15) is 0 Å². The van der Waals surface area contributed by atoms with Gasteiger partial charge in [0, 0.05) is 6.42 Å². The van der Waals surface area contributed by atoms with E-state index < -0.39 is 17.0 Å². The number of aliphatic imine (C=N–C) groups is 1. The molecule has 2 aromatic rings. The largest absolute Gasteiger partial charge is 0.487 e. The molecule has 2 aromatic carbocycles. The standard InChI is InChI=1S/C18H15FN2O3S/c19-13-8-4-5-9-14(13)20-16(22)10-15-18(23)21-17(25-15)11-24-12-6-2-1-3-7-12/h1-9,15H,10-11H2,(H,20,22)/t15-/m0/s1. The number of ether oxygens (including phenoxy) is 1. The number of nitrogens with one attached hydrogen (secondary N) is 1. The minimum atomic E-state index is -0.610. The van der Waals surface area contributed by atoms with Crippen LogP contribution in [0.3, 0.4) is 0 Å². The van der Waals surface area contributed by atoms with Crippen LogP contribution in [0.25, 0.3) is 0 Å². The number of anilines is 1. The molecule has 25 heavy (non-hydrogen) atoms. The van der Waals surface area contributed by atoms with Crippen molar-refractivity contribution in [1.82, 2.24) is 0 Å². The maximum Gasteiger partial charge on any atom is 0.260 e. The first kappa shape index (κ1) is 17.2. The van der Waals surface area contributed by atoms with Crippen molar-refractivity contribution < 1.29 is 18.7 Å². The van der Waals surface area contributed by atoms with E-state index in [1.165, 1.54) is 30.0 Å². The van der Waals surface area contributed by atoms with Gasteiger partial charge in [0.2, 0.25) is 5.91 Å². The van der Waals surface area contributed by atoms with Gasteiger partial charge in [0.15, 0.2) is 0 Å². The number of nitrogens with zero attached hydrogens (tertiary/aromatic N) is 1. The molecule has 0 bridgehead atoms. The molecule has 0 saturated carbocycles. The Hall–Kier alpha value is -2.67. The molecule has 128 valence electrons. The lowest BCUT2D eigenvalue weighted by atomic mass is 10.2. The fourth-order valence-electron chi connectivity index (χ4n) is 2.23. The summed E-state index contributed by atoms with van der Waals surface area (Å²) in [5.41, 5.74) is 0.0940. The number of halogens is 1. The Balaban J connectivity index is 1.50. The molecule has 1 aliphatic rings. The Morgan fingerprint density at radius 2 is 1.88 bits per heavy atom. The monoisotopic (exact) mass is 358 g/mol. The Labute approximate surface area is 148 Å². The molecule has 5 nitrogen and oxygen atoms in total. The van der Waals surface area contributed by atoms with E-state index in [1.54, 1.807) is 18.2 Å². The molecule has 0 fully saturated rings. The lowest BCUT2D eigenvalue weighted by molar-refractivity contribution is -0.121. The average molecular weight is 358 g/mol. The smallest absolute Gasteiger partial charge is 0.260 e. The summed E-state index contributed by atoms with van der Waals surface area (Å²) in [4.78, 5) is 27.9. The zero-order valence-electron chi connectivity index (χ0n) is 13.1. The van der Waals surface area contributed by atoms with Crippen LogP contribution in [-0.4, -0.2) is 28.7 Å². The Kier molecular flexibility index (Phi) is 5.45. The van der Waals surface area contributed by atoms with Crippen LogP contribution in [0.2, 0.25) is 0 Å². The number of hydrogen-bond donors (Lipinski definition) is 1. The summed E-state index contributed by atoms with van der Waals surface area (Å²) in [5, 5.41) is 2.38. The average Bonchev–Trinajstić information content (AvgIpc) is 2.96. The second kappa shape index (κ2) is 7.94. The Bertz CT molecular complexity index is 811. The second-order valence-electron chi connectivity index (χ2n) is 5.28. The molecule has 1 heterocycles. The first-order valence-electron chi connectivity index (χ1n) is 7.62. The summed E-state index contributed by atoms with van der Waals surface area (Å²) < 4.78 is 19.1. The molecule has 1 atom stereocenters. The topological polar surface area (TPSA) is 67.8 Å². The molecular weight excluding hydrogens is 343 g/mol. The van der Waals surface area contributed by atoms with Crippen LogP contribution in [0.4, 0.5) is 10.1 Å². The van der Waals surface area contributed by atoms with Gasteiger partial charge in [-0.1, -0.05) is 42.1 Å². The normalized spacial score (nSPS) is 16.4. The summed E-state index contributed by atoms with van der Waals surface area (Å²) in [6.45, 7) is 0.172. The lowest BCUT2D eigenvalue weighted by Gasteiger charge is -2.09. The molecule has 0 aliphatic carbocycles. The molecule has 0 saturated heterocycles. The molecule has 2 amide bonds. The second-order valence-corrected chi connectivity index (χ2v) is 6.56. The number of carbonyl (C=O) groups excluding carboxylic acids is 2. The van der Waals surface area contributed by atoms with Crippen LogP contribution in [0.1, 0.15) is 6.42 Å². The quantitative estimate of drug-likeness (QED) is 0.861. The number of rotatable bonds is 6. The van der Waals surface area contributed by atoms with Gasteiger partial charge in [0.1, 0.15) is 28.5 Å². The maximum absolute atomic E-state index is 13.5. The third-order valence-corrected chi connectivity index (χ3v) is 4.55. The number of para-hydroxylation sites is 2. The summed E-state index contributed by atoms with van der Waals surface area (Å²) >= 11 is 1.20. The Morgan fingerprint density at radius 3 is 2.64 bits per heavy atom. The van der Waals surface area contributed by atoms with Crippen molar-refractivity contribution >= 4 is 34.3 Å². The highest BCUT2D eigenvalue weighted by molar-refractivity contribution is 8.15. The number of amides is 2. The summed E-state index contributed by atoms with van der Waals surface area (Å²) in [7, 11) is 0. The predicted octanol–water partition coefficient (Wildman–Crippen LogP) is 3.27. The number of carbonyl (C=O) groups is 2. The summed E-state index contributed by atoms with van der Waals surface area (Å²) in [6, 6.07) is 15.1. The molecular formula is C18H15FN2O3S. The molecule has 1 aliphatic heterocycles. The van der Waals surface area contributed by atoms with E-state index in [-0.39, 0.29) is 24.6 Å². The molecule has 3 rings (SSSR count). The molecule has 0 aromatic heterocycles. The molecule has 7 heteroatoms. The number of benzene rings is 2. The van der Waals surface area contributed by atoms with Gasteiger partial charge >= 0.3 is 0 Å². The fraction of sp³-hybridized carbons (Fsp3) is 0.167. The number of thioether (sulfide) groups is 1. The highest BCUT2D eigenvalue weighted by Crippen LogP contribution is 2.26. The van der Waals surface area contributed by atoms with Crippen molar-refractivity contribution in [2.45, 2.75) is 11.7 Å². The Morgan fingerprint density at radius 1 is 1.16 bits per heavy atom. The first-order valence-corrected chi connectivity index (χ1v) is 8.50. The van der Waals surface area contributed by atoms with Gasteiger partial charge in [-0.05, 0) is 24.3 Å². The van der Waals surface area contributed by atoms with Crippen molar-refractivity contribution in [3.8, 4) is 5.75 Å². The number of hydrogen-bond acceptors (Lipinski definition) is 4. The van der Waals surface area contributed by atoms with Crippen LogP contribution in [0, 0.1) is 5.82 Å². The molecule has 0 unspecified atom stereocenters. The minimum absolute atomic E-state index is 0.0732. The third-order valence-electron chi connectivity index (χ3n) is 3.41. The van der Waals surface area contributed by atoms with Gasteiger partial charge < -0.3 is 10.1 Å². The van der Waals surface area contributed by atoms with Crippen LogP contribution >= 0.6 is 11.8 Å². The van der Waals surface area contributed by atoms with Crippen molar-refractivity contribution in [2.75, 3.05) is 11.9 Å². The van der Waals surface area contributed by atoms with Crippen LogP contribution in [0.5, 0.6) is 5.75 Å². The van der Waals surface area contributed by atoms with Gasteiger partial charge in [-0.3, -0.25) is 9.59 Å². The SMILES string of the molecule is O=C(C[C@@H]1SC(COc2ccccc2)=NC1=O)Nc1ccccc1F. The van der Waals surface area contributed by atoms with E-state index in [0.717, 1.165) is 0 Å². The van der Waals surface area contributed by atoms with E-state index >= 15 is 0 Å². The van der Waals surface area contributed by atoms with Crippen LogP contribution in [-0.2, 0) is 9.59 Å². The van der Waals surface area contributed by atoms with Gasteiger partial charge in [0.05, 0.1) is 5.69 Å². The summed E-state index contributed by atoms with van der Waals surface area (Å²) in [6.07, 6.45) is -0.0732. The van der Waals surface area contributed by atoms with E-state index in [4.69, 9.17) is 4.74 Å². The maximum atomic E-state index is 13.5. The zero-order chi connectivity index (χ0) is 17.6. The van der Waals surface area contributed by atoms with Gasteiger partial charge in [-0.15, -0.1) is 0 Å². The predicted molar refractivity (Wildman–Crippen MR) is 95.4 cm³/mol. The van der Waals surface area contributed by atoms with E-state index in [2.05, 4.69) is 10.3 Å². The zero-order valence-corrected chi connectivity index (χ0v) is 14.0. The highest BCUT2D eigenvalue weighted by Gasteiger charge is 2.30. The molecule has 1 N–H and O–H groups in total. The lowest BCUT2D eigenvalue weighted by Crippen LogP contribution is -2.22. The van der Waals surface area contributed by atoms with Crippen LogP contribution in [0.15, 0.2) is 59.6 Å². The van der Waals surface area contributed by atoms with Crippen molar-refractivity contribution in [2.24, 2.45) is 4.99 Å². The first-order chi connectivity index (χ1) is 12.1. The third kappa shape index (κ3) is 4.67. The van der Waals surface area contributed by atoms with Gasteiger partial charge in [0.25, 0.3) is 5.91 Å². The molecule has 0 radical (unpaired) electrons.